The molecule has 1 aromatic heterocycles. The molecule has 1 aliphatic heterocycles. The number of nitrogens with zero attached hydrogens (tertiary/aromatic N) is 3. The molecule has 0 spiro atoms. The van der Waals surface area contributed by atoms with Gasteiger partial charge in [0.15, 0.2) is 5.13 Å². The first-order valence-electron chi connectivity index (χ1n) is 13.7. The minimum atomic E-state index is -0.218. The zero-order chi connectivity index (χ0) is 29.2. The van der Waals surface area contributed by atoms with E-state index in [-0.39, 0.29) is 34.1 Å². The average Bonchev–Trinajstić information content (AvgIpc) is 3.23. The Labute approximate surface area is 237 Å². The standard InChI is InChI=1S/C30H45N5O3S/c1-20(36)31-27-32-24(25(39-27)26(38)35-18-16-34(17-19-35)21(2)37)15-12-22-10-13-23(14-11-22)33-30(9,28(3,4)5)29(6,7)8/h10-11,13-14,33H,12,15-19H2,1-9H3,(H,31,32,36). The van der Waals surface area contributed by atoms with Crippen molar-refractivity contribution >= 4 is 39.9 Å². The van der Waals surface area contributed by atoms with Gasteiger partial charge in [-0.25, -0.2) is 4.98 Å². The number of carbonyl (C=O) groups excluding carboxylic acids is 3. The minimum absolute atomic E-state index is 0.0242. The van der Waals surface area contributed by atoms with Crippen molar-refractivity contribution in [1.29, 1.82) is 0 Å². The van der Waals surface area contributed by atoms with E-state index in [4.69, 9.17) is 0 Å². The van der Waals surface area contributed by atoms with Gasteiger partial charge in [0.2, 0.25) is 11.8 Å². The third-order valence-electron chi connectivity index (χ3n) is 8.19. The molecule has 0 aliphatic carbocycles. The van der Waals surface area contributed by atoms with Gasteiger partial charge in [-0.2, -0.15) is 0 Å². The minimum Gasteiger partial charge on any atom is -0.379 e. The van der Waals surface area contributed by atoms with Gasteiger partial charge in [-0.15, -0.1) is 0 Å². The van der Waals surface area contributed by atoms with Crippen LogP contribution in [0.2, 0.25) is 0 Å². The fourth-order valence-corrected chi connectivity index (χ4v) is 6.09. The monoisotopic (exact) mass is 555 g/mol. The predicted molar refractivity (Wildman–Crippen MR) is 159 cm³/mol. The summed E-state index contributed by atoms with van der Waals surface area (Å²) < 4.78 is 0. The summed E-state index contributed by atoms with van der Waals surface area (Å²) in [6, 6.07) is 8.49. The lowest BCUT2D eigenvalue weighted by Crippen LogP contribution is -2.56. The highest BCUT2D eigenvalue weighted by molar-refractivity contribution is 7.17. The van der Waals surface area contributed by atoms with Crippen molar-refractivity contribution in [2.75, 3.05) is 36.8 Å². The molecule has 3 rings (SSSR count). The SMILES string of the molecule is CC(=O)Nc1nc(CCc2ccc(NC(C)(C(C)(C)C)C(C)(C)C)cc2)c(C(=O)N2CCN(C(C)=O)CC2)s1. The van der Waals surface area contributed by atoms with E-state index in [2.05, 4.69) is 88.3 Å². The molecule has 3 amide bonds. The maximum atomic E-state index is 13.4. The van der Waals surface area contributed by atoms with Crippen molar-refractivity contribution in [3.8, 4) is 0 Å². The van der Waals surface area contributed by atoms with E-state index in [1.165, 1.54) is 18.3 Å². The zero-order valence-electron chi connectivity index (χ0n) is 25.0. The molecule has 214 valence electrons. The highest BCUT2D eigenvalue weighted by Gasteiger charge is 2.46. The molecule has 39 heavy (non-hydrogen) atoms. The van der Waals surface area contributed by atoms with E-state index < -0.39 is 0 Å². The van der Waals surface area contributed by atoms with Crippen molar-refractivity contribution in [2.45, 2.75) is 80.7 Å². The number of piperazine rings is 1. The Hall–Kier alpha value is -2.94. The molecule has 0 radical (unpaired) electrons. The fraction of sp³-hybridized carbons (Fsp3) is 0.600. The molecular weight excluding hydrogens is 510 g/mol. The Morgan fingerprint density at radius 2 is 1.38 bits per heavy atom. The second-order valence-corrected chi connectivity index (χ2v) is 13.7. The number of carbonyl (C=O) groups is 3. The third-order valence-corrected chi connectivity index (χ3v) is 9.19. The van der Waals surface area contributed by atoms with Crippen LogP contribution in [0, 0.1) is 10.8 Å². The van der Waals surface area contributed by atoms with Gasteiger partial charge in [0, 0.05) is 51.3 Å². The first-order chi connectivity index (χ1) is 18.0. The van der Waals surface area contributed by atoms with E-state index in [1.807, 2.05) is 0 Å². The smallest absolute Gasteiger partial charge is 0.266 e. The van der Waals surface area contributed by atoms with Crippen LogP contribution >= 0.6 is 11.3 Å². The van der Waals surface area contributed by atoms with Crippen LogP contribution in [0.15, 0.2) is 24.3 Å². The van der Waals surface area contributed by atoms with Gasteiger partial charge in [0.25, 0.3) is 5.91 Å². The second kappa shape index (κ2) is 11.7. The van der Waals surface area contributed by atoms with E-state index in [9.17, 15) is 14.4 Å². The Bertz CT molecular complexity index is 1170. The first kappa shape index (κ1) is 30.6. The number of anilines is 2. The summed E-state index contributed by atoms with van der Waals surface area (Å²) in [5.41, 5.74) is 2.87. The van der Waals surface area contributed by atoms with Crippen LogP contribution in [0.4, 0.5) is 10.8 Å². The summed E-state index contributed by atoms with van der Waals surface area (Å²) in [5, 5.41) is 6.97. The van der Waals surface area contributed by atoms with Gasteiger partial charge < -0.3 is 20.4 Å². The molecule has 0 unspecified atom stereocenters. The summed E-state index contributed by atoms with van der Waals surface area (Å²) in [6.07, 6.45) is 1.30. The molecule has 1 fully saturated rings. The van der Waals surface area contributed by atoms with E-state index in [0.29, 0.717) is 48.3 Å². The van der Waals surface area contributed by atoms with E-state index in [0.717, 1.165) is 17.7 Å². The van der Waals surface area contributed by atoms with Crippen molar-refractivity contribution in [1.82, 2.24) is 14.8 Å². The Kier molecular flexibility index (Phi) is 9.15. The Morgan fingerprint density at radius 3 is 1.87 bits per heavy atom. The quantitative estimate of drug-likeness (QED) is 0.474. The molecule has 1 saturated heterocycles. The zero-order valence-corrected chi connectivity index (χ0v) is 25.8. The van der Waals surface area contributed by atoms with Crippen LogP contribution in [-0.2, 0) is 22.4 Å². The molecule has 1 aromatic carbocycles. The maximum absolute atomic E-state index is 13.4. The number of amides is 3. The van der Waals surface area contributed by atoms with Crippen molar-refractivity contribution in [2.24, 2.45) is 10.8 Å². The molecule has 2 heterocycles. The average molecular weight is 556 g/mol. The molecule has 9 heteroatoms. The van der Waals surface area contributed by atoms with Crippen LogP contribution in [0.3, 0.4) is 0 Å². The molecular formula is C30H45N5O3S. The second-order valence-electron chi connectivity index (χ2n) is 12.7. The Balaban J connectivity index is 1.74. The lowest BCUT2D eigenvalue weighted by Gasteiger charge is -2.52. The number of hydrogen-bond acceptors (Lipinski definition) is 6. The van der Waals surface area contributed by atoms with Gasteiger partial charge in [-0.3, -0.25) is 14.4 Å². The number of thiazole rings is 1. The van der Waals surface area contributed by atoms with E-state index >= 15 is 0 Å². The molecule has 0 saturated carbocycles. The lowest BCUT2D eigenvalue weighted by molar-refractivity contribution is -0.130. The van der Waals surface area contributed by atoms with Gasteiger partial charge >= 0.3 is 0 Å². The Morgan fingerprint density at radius 1 is 0.846 bits per heavy atom. The summed E-state index contributed by atoms with van der Waals surface area (Å²) in [6.45, 7) is 20.9. The summed E-state index contributed by atoms with van der Waals surface area (Å²) >= 11 is 1.22. The largest absolute Gasteiger partial charge is 0.379 e. The maximum Gasteiger partial charge on any atom is 0.266 e. The van der Waals surface area contributed by atoms with Gasteiger partial charge in [0.05, 0.1) is 5.69 Å². The number of hydrogen-bond donors (Lipinski definition) is 2. The van der Waals surface area contributed by atoms with Crippen LogP contribution in [0.25, 0.3) is 0 Å². The van der Waals surface area contributed by atoms with Crippen LogP contribution < -0.4 is 10.6 Å². The van der Waals surface area contributed by atoms with Gasteiger partial charge in [0.1, 0.15) is 4.88 Å². The molecule has 8 nitrogen and oxygen atoms in total. The summed E-state index contributed by atoms with van der Waals surface area (Å²) in [5.74, 6) is -0.286. The highest BCUT2D eigenvalue weighted by atomic mass is 32.1. The van der Waals surface area contributed by atoms with Gasteiger partial charge in [-0.05, 0) is 48.3 Å². The topological polar surface area (TPSA) is 94.6 Å². The number of benzene rings is 1. The summed E-state index contributed by atoms with van der Waals surface area (Å²) in [4.78, 5) is 45.4. The molecule has 0 bridgehead atoms. The predicted octanol–water partition coefficient (Wildman–Crippen LogP) is 5.45. The number of aromatic nitrogens is 1. The first-order valence-corrected chi connectivity index (χ1v) is 14.5. The molecule has 0 atom stereocenters. The van der Waals surface area contributed by atoms with E-state index in [1.54, 1.807) is 16.7 Å². The van der Waals surface area contributed by atoms with Crippen molar-refractivity contribution in [3.63, 3.8) is 0 Å². The molecule has 2 aromatic rings. The number of rotatable bonds is 7. The lowest BCUT2D eigenvalue weighted by atomic mass is 9.61. The molecule has 1 aliphatic rings. The van der Waals surface area contributed by atoms with Crippen molar-refractivity contribution in [3.05, 3.63) is 40.4 Å². The third kappa shape index (κ3) is 7.18. The highest BCUT2D eigenvalue weighted by Crippen LogP contribution is 2.45. The normalized spacial score (nSPS) is 14.8. The number of aryl methyl sites for hydroxylation is 2. The number of nitrogens with one attached hydrogen (secondary N) is 2. The summed E-state index contributed by atoms with van der Waals surface area (Å²) in [7, 11) is 0. The van der Waals surface area contributed by atoms with Crippen molar-refractivity contribution < 1.29 is 14.4 Å². The van der Waals surface area contributed by atoms with Crippen LogP contribution in [0.1, 0.15) is 83.2 Å². The fourth-order valence-electron chi connectivity index (χ4n) is 5.07. The molecule has 2 N–H and O–H groups in total. The van der Waals surface area contributed by atoms with Crippen LogP contribution in [0.5, 0.6) is 0 Å². The van der Waals surface area contributed by atoms with Crippen LogP contribution in [-0.4, -0.2) is 64.2 Å². The van der Waals surface area contributed by atoms with Gasteiger partial charge in [-0.1, -0.05) is 65.0 Å².